The molecule has 0 atom stereocenters. The SMILES string of the molecule is Cc1nc2ccc(C(=O)C(C)(C)CCN)cc2o1. The van der Waals surface area contributed by atoms with Gasteiger partial charge in [-0.1, -0.05) is 13.8 Å². The van der Waals surface area contributed by atoms with Gasteiger partial charge < -0.3 is 10.2 Å². The summed E-state index contributed by atoms with van der Waals surface area (Å²) in [7, 11) is 0. The molecular formula is C14H18N2O2. The monoisotopic (exact) mass is 246 g/mol. The molecule has 0 saturated heterocycles. The first kappa shape index (κ1) is 12.8. The molecule has 2 N–H and O–H groups in total. The van der Waals surface area contributed by atoms with Gasteiger partial charge in [0.05, 0.1) is 0 Å². The van der Waals surface area contributed by atoms with Crippen LogP contribution in [0.3, 0.4) is 0 Å². The van der Waals surface area contributed by atoms with Crippen LogP contribution >= 0.6 is 0 Å². The third-order valence-corrected chi connectivity index (χ3v) is 3.14. The third kappa shape index (κ3) is 2.29. The van der Waals surface area contributed by atoms with Gasteiger partial charge in [-0.2, -0.15) is 0 Å². The summed E-state index contributed by atoms with van der Waals surface area (Å²) in [4.78, 5) is 16.6. The van der Waals surface area contributed by atoms with Crippen molar-refractivity contribution in [1.82, 2.24) is 4.98 Å². The van der Waals surface area contributed by atoms with Gasteiger partial charge in [-0.3, -0.25) is 4.79 Å². The van der Waals surface area contributed by atoms with Crippen LogP contribution in [-0.2, 0) is 0 Å². The van der Waals surface area contributed by atoms with Crippen LogP contribution in [0.25, 0.3) is 11.1 Å². The second-order valence-electron chi connectivity index (χ2n) is 5.17. The standard InChI is InChI=1S/C14H18N2O2/c1-9-16-11-5-4-10(8-12(11)18-9)13(17)14(2,3)6-7-15/h4-5,8H,6-7,15H2,1-3H3. The minimum atomic E-state index is -0.447. The Kier molecular flexibility index (Phi) is 3.22. The number of benzene rings is 1. The highest BCUT2D eigenvalue weighted by molar-refractivity contribution is 6.02. The molecule has 0 aliphatic heterocycles. The van der Waals surface area contributed by atoms with Gasteiger partial charge in [0.25, 0.3) is 0 Å². The van der Waals surface area contributed by atoms with E-state index in [0.717, 1.165) is 5.52 Å². The van der Waals surface area contributed by atoms with E-state index in [9.17, 15) is 4.79 Å². The van der Waals surface area contributed by atoms with Crippen LogP contribution in [0.2, 0.25) is 0 Å². The van der Waals surface area contributed by atoms with Crippen molar-refractivity contribution in [3.8, 4) is 0 Å². The lowest BCUT2D eigenvalue weighted by Gasteiger charge is -2.22. The van der Waals surface area contributed by atoms with E-state index in [-0.39, 0.29) is 5.78 Å². The highest BCUT2D eigenvalue weighted by atomic mass is 16.3. The molecular weight excluding hydrogens is 228 g/mol. The average Bonchev–Trinajstić information content (AvgIpc) is 2.66. The number of hydrogen-bond acceptors (Lipinski definition) is 4. The Morgan fingerprint density at radius 3 is 2.83 bits per heavy atom. The molecule has 96 valence electrons. The summed E-state index contributed by atoms with van der Waals surface area (Å²) < 4.78 is 5.44. The lowest BCUT2D eigenvalue weighted by atomic mass is 9.81. The molecule has 0 spiro atoms. The normalized spacial score (nSPS) is 12.0. The van der Waals surface area contributed by atoms with Crippen molar-refractivity contribution >= 4 is 16.9 Å². The van der Waals surface area contributed by atoms with Crippen molar-refractivity contribution in [2.45, 2.75) is 27.2 Å². The van der Waals surface area contributed by atoms with Crippen molar-refractivity contribution in [1.29, 1.82) is 0 Å². The summed E-state index contributed by atoms with van der Waals surface area (Å²) in [5, 5.41) is 0. The van der Waals surface area contributed by atoms with E-state index < -0.39 is 5.41 Å². The van der Waals surface area contributed by atoms with E-state index in [2.05, 4.69) is 4.98 Å². The summed E-state index contributed by atoms with van der Waals surface area (Å²) in [6.45, 7) is 6.12. The number of hydrogen-bond donors (Lipinski definition) is 1. The molecule has 0 bridgehead atoms. The second-order valence-corrected chi connectivity index (χ2v) is 5.17. The number of ketones is 1. The first-order valence-electron chi connectivity index (χ1n) is 6.06. The smallest absolute Gasteiger partial charge is 0.192 e. The number of nitrogens with zero attached hydrogens (tertiary/aromatic N) is 1. The molecule has 0 radical (unpaired) electrons. The van der Waals surface area contributed by atoms with Crippen LogP contribution in [0.4, 0.5) is 0 Å². The van der Waals surface area contributed by atoms with Crippen molar-refractivity contribution in [2.24, 2.45) is 11.1 Å². The number of aryl methyl sites for hydroxylation is 1. The number of rotatable bonds is 4. The minimum Gasteiger partial charge on any atom is -0.441 e. The Labute approximate surface area is 106 Å². The van der Waals surface area contributed by atoms with Gasteiger partial charge in [-0.15, -0.1) is 0 Å². The van der Waals surface area contributed by atoms with Crippen molar-refractivity contribution in [2.75, 3.05) is 6.54 Å². The number of aromatic nitrogens is 1. The summed E-state index contributed by atoms with van der Waals surface area (Å²) in [5.74, 6) is 0.694. The van der Waals surface area contributed by atoms with E-state index in [0.29, 0.717) is 30.0 Å². The fraction of sp³-hybridized carbons (Fsp3) is 0.429. The molecule has 2 aromatic rings. The molecule has 0 saturated carbocycles. The van der Waals surface area contributed by atoms with Gasteiger partial charge in [-0.25, -0.2) is 4.98 Å². The van der Waals surface area contributed by atoms with Crippen LogP contribution in [0.15, 0.2) is 22.6 Å². The number of nitrogens with two attached hydrogens (primary N) is 1. The molecule has 0 unspecified atom stereocenters. The zero-order valence-corrected chi connectivity index (χ0v) is 11.0. The maximum absolute atomic E-state index is 12.4. The average molecular weight is 246 g/mol. The van der Waals surface area contributed by atoms with E-state index in [1.807, 2.05) is 19.9 Å². The molecule has 1 aromatic carbocycles. The molecule has 1 aromatic heterocycles. The molecule has 4 nitrogen and oxygen atoms in total. The van der Waals surface area contributed by atoms with E-state index >= 15 is 0 Å². The number of fused-ring (bicyclic) bond motifs is 1. The Morgan fingerprint density at radius 1 is 1.44 bits per heavy atom. The highest BCUT2D eigenvalue weighted by Gasteiger charge is 2.28. The lowest BCUT2D eigenvalue weighted by molar-refractivity contribution is 0.0829. The number of oxazole rings is 1. The number of Topliss-reactive ketones (excluding diaryl/α,β-unsaturated/α-hetero) is 1. The van der Waals surface area contributed by atoms with E-state index in [1.165, 1.54) is 0 Å². The highest BCUT2D eigenvalue weighted by Crippen LogP contribution is 2.27. The fourth-order valence-corrected chi connectivity index (χ4v) is 2.05. The minimum absolute atomic E-state index is 0.0869. The zero-order valence-electron chi connectivity index (χ0n) is 11.0. The van der Waals surface area contributed by atoms with Gasteiger partial charge in [0, 0.05) is 17.9 Å². The third-order valence-electron chi connectivity index (χ3n) is 3.14. The van der Waals surface area contributed by atoms with Gasteiger partial charge in [0.1, 0.15) is 5.52 Å². The number of carbonyl (C=O) groups excluding carboxylic acids is 1. The van der Waals surface area contributed by atoms with Gasteiger partial charge >= 0.3 is 0 Å². The van der Waals surface area contributed by atoms with E-state index in [1.54, 1.807) is 19.1 Å². The van der Waals surface area contributed by atoms with Crippen LogP contribution in [-0.4, -0.2) is 17.3 Å². The first-order valence-corrected chi connectivity index (χ1v) is 6.06. The van der Waals surface area contributed by atoms with Crippen molar-refractivity contribution in [3.63, 3.8) is 0 Å². The summed E-state index contributed by atoms with van der Waals surface area (Å²) in [5.41, 5.74) is 7.18. The Morgan fingerprint density at radius 2 is 2.17 bits per heavy atom. The van der Waals surface area contributed by atoms with Crippen molar-refractivity contribution in [3.05, 3.63) is 29.7 Å². The Hall–Kier alpha value is -1.68. The van der Waals surface area contributed by atoms with Crippen LogP contribution in [0.5, 0.6) is 0 Å². The Bertz CT molecular complexity index is 584. The second kappa shape index (κ2) is 4.53. The van der Waals surface area contributed by atoms with Gasteiger partial charge in [0.15, 0.2) is 17.3 Å². The lowest BCUT2D eigenvalue weighted by Crippen LogP contribution is -2.27. The molecule has 0 aliphatic rings. The predicted molar refractivity (Wildman–Crippen MR) is 70.5 cm³/mol. The first-order chi connectivity index (χ1) is 8.44. The van der Waals surface area contributed by atoms with E-state index in [4.69, 9.17) is 10.2 Å². The summed E-state index contributed by atoms with van der Waals surface area (Å²) >= 11 is 0. The molecule has 0 fully saturated rings. The molecule has 0 amide bonds. The molecule has 18 heavy (non-hydrogen) atoms. The van der Waals surface area contributed by atoms with Gasteiger partial charge in [-0.05, 0) is 31.2 Å². The predicted octanol–water partition coefficient (Wildman–Crippen LogP) is 2.69. The summed E-state index contributed by atoms with van der Waals surface area (Å²) in [6, 6.07) is 5.37. The summed E-state index contributed by atoms with van der Waals surface area (Å²) in [6.07, 6.45) is 0.666. The molecule has 0 aliphatic carbocycles. The topological polar surface area (TPSA) is 69.1 Å². The maximum atomic E-state index is 12.4. The van der Waals surface area contributed by atoms with Crippen LogP contribution < -0.4 is 5.73 Å². The van der Waals surface area contributed by atoms with Crippen molar-refractivity contribution < 1.29 is 9.21 Å². The molecule has 2 rings (SSSR count). The fourth-order valence-electron chi connectivity index (χ4n) is 2.05. The molecule has 1 heterocycles. The Balaban J connectivity index is 2.38. The van der Waals surface area contributed by atoms with Crippen LogP contribution in [0.1, 0.15) is 36.5 Å². The maximum Gasteiger partial charge on any atom is 0.192 e. The largest absolute Gasteiger partial charge is 0.441 e. The van der Waals surface area contributed by atoms with Crippen LogP contribution in [0, 0.1) is 12.3 Å². The number of carbonyl (C=O) groups is 1. The molecule has 4 heteroatoms. The van der Waals surface area contributed by atoms with Gasteiger partial charge in [0.2, 0.25) is 0 Å². The quantitative estimate of drug-likeness (QED) is 0.842. The zero-order chi connectivity index (χ0) is 13.3.